The summed E-state index contributed by atoms with van der Waals surface area (Å²) in [5.41, 5.74) is 14.8. The predicted octanol–water partition coefficient (Wildman–Crippen LogP) is 4.05. The first-order valence-corrected chi connectivity index (χ1v) is 10.6. The third-order valence-corrected chi connectivity index (χ3v) is 6.14. The molecular weight excluding hydrogens is 386 g/mol. The molecule has 3 aromatic carbocycles. The number of anilines is 1. The summed E-state index contributed by atoms with van der Waals surface area (Å²) in [6.45, 7) is 1.99. The first-order chi connectivity index (χ1) is 15.1. The Balaban J connectivity index is 1.55. The highest BCUT2D eigenvalue weighted by Gasteiger charge is 2.24. The average molecular weight is 412 g/mol. The van der Waals surface area contributed by atoms with E-state index in [1.54, 1.807) is 6.07 Å². The van der Waals surface area contributed by atoms with Crippen molar-refractivity contribution in [3.63, 3.8) is 0 Å². The van der Waals surface area contributed by atoms with Crippen molar-refractivity contribution in [1.82, 2.24) is 4.57 Å². The number of aromatic nitrogens is 1. The normalized spacial score (nSPS) is 14.8. The second-order valence-corrected chi connectivity index (χ2v) is 8.01. The summed E-state index contributed by atoms with van der Waals surface area (Å²) in [5, 5.41) is 2.34. The van der Waals surface area contributed by atoms with Crippen LogP contribution in [-0.2, 0) is 0 Å². The second kappa shape index (κ2) is 7.80. The molecule has 0 spiro atoms. The summed E-state index contributed by atoms with van der Waals surface area (Å²) >= 11 is 0. The van der Waals surface area contributed by atoms with E-state index in [2.05, 4.69) is 69.1 Å². The van der Waals surface area contributed by atoms with Gasteiger partial charge in [0, 0.05) is 46.7 Å². The van der Waals surface area contributed by atoms with Crippen LogP contribution in [0.1, 0.15) is 29.2 Å². The second-order valence-electron chi connectivity index (χ2n) is 8.01. The van der Waals surface area contributed by atoms with Gasteiger partial charge in [0.2, 0.25) is 0 Å². The van der Waals surface area contributed by atoms with E-state index in [9.17, 15) is 4.79 Å². The van der Waals surface area contributed by atoms with Crippen LogP contribution >= 0.6 is 0 Å². The maximum absolute atomic E-state index is 12.4. The van der Waals surface area contributed by atoms with E-state index in [1.807, 2.05) is 12.1 Å². The summed E-state index contributed by atoms with van der Waals surface area (Å²) in [6, 6.07) is 25.1. The van der Waals surface area contributed by atoms with Crippen LogP contribution in [0.2, 0.25) is 0 Å². The molecule has 6 heteroatoms. The Bertz CT molecular complexity index is 1280. The fourth-order valence-corrected chi connectivity index (χ4v) is 4.73. The molecule has 4 N–H and O–H groups in total. The molecule has 31 heavy (non-hydrogen) atoms. The minimum Gasteiger partial charge on any atom is -0.371 e. The molecule has 1 fully saturated rings. The molecule has 6 nitrogen and oxygen atoms in total. The smallest absolute Gasteiger partial charge is 0.280 e. The number of para-hydroxylation sites is 2. The maximum Gasteiger partial charge on any atom is 0.280 e. The number of piperidine rings is 1. The summed E-state index contributed by atoms with van der Waals surface area (Å²) in [4.78, 5) is 18.6. The monoisotopic (exact) mass is 411 g/mol. The van der Waals surface area contributed by atoms with E-state index in [4.69, 9.17) is 11.5 Å². The number of guanidine groups is 1. The summed E-state index contributed by atoms with van der Waals surface area (Å²) in [5.74, 6) is -0.642. The molecule has 2 heterocycles. The standard InChI is InChI=1S/C25H25N5O/c26-25(27)28-24(31)17-10-11-21-20-8-4-5-9-22(20)30(23(21)16-17)19-12-14-29(15-13-19)18-6-2-1-3-7-18/h1-11,16,19H,12-15H2,(H4,26,27,28,31). The Morgan fingerprint density at radius 2 is 1.52 bits per heavy atom. The number of carbonyl (C=O) groups excluding carboxylic acids is 1. The lowest BCUT2D eigenvalue weighted by Gasteiger charge is -2.35. The van der Waals surface area contributed by atoms with E-state index in [0.29, 0.717) is 11.6 Å². The zero-order valence-corrected chi connectivity index (χ0v) is 17.2. The van der Waals surface area contributed by atoms with Gasteiger partial charge >= 0.3 is 0 Å². The highest BCUT2D eigenvalue weighted by Crippen LogP contribution is 2.36. The topological polar surface area (TPSA) is 89.6 Å². The zero-order valence-electron chi connectivity index (χ0n) is 17.2. The molecule has 1 aromatic heterocycles. The average Bonchev–Trinajstić information content (AvgIpc) is 3.13. The number of rotatable bonds is 3. The molecule has 1 amide bonds. The molecule has 5 rings (SSSR count). The van der Waals surface area contributed by atoms with Crippen LogP contribution < -0.4 is 16.4 Å². The number of hydrogen-bond donors (Lipinski definition) is 2. The molecule has 0 saturated carbocycles. The van der Waals surface area contributed by atoms with Crippen molar-refractivity contribution in [2.45, 2.75) is 18.9 Å². The molecular formula is C25H25N5O. The van der Waals surface area contributed by atoms with Crippen molar-refractivity contribution in [3.8, 4) is 0 Å². The van der Waals surface area contributed by atoms with Gasteiger partial charge in [-0.25, -0.2) is 0 Å². The van der Waals surface area contributed by atoms with Crippen molar-refractivity contribution < 1.29 is 4.79 Å². The van der Waals surface area contributed by atoms with Crippen LogP contribution in [-0.4, -0.2) is 29.5 Å². The Morgan fingerprint density at radius 3 is 2.26 bits per heavy atom. The number of carbonyl (C=O) groups is 1. The summed E-state index contributed by atoms with van der Waals surface area (Å²) in [7, 11) is 0. The predicted molar refractivity (Wildman–Crippen MR) is 127 cm³/mol. The van der Waals surface area contributed by atoms with Gasteiger partial charge in [-0.15, -0.1) is 0 Å². The molecule has 156 valence electrons. The molecule has 1 aliphatic rings. The minimum absolute atomic E-state index is 0.223. The maximum atomic E-state index is 12.4. The van der Waals surface area contributed by atoms with Crippen LogP contribution in [0, 0.1) is 0 Å². The van der Waals surface area contributed by atoms with E-state index in [1.165, 1.54) is 16.6 Å². The van der Waals surface area contributed by atoms with Gasteiger partial charge in [0.15, 0.2) is 5.96 Å². The third-order valence-electron chi connectivity index (χ3n) is 6.14. The number of benzene rings is 3. The zero-order chi connectivity index (χ0) is 21.4. The first kappa shape index (κ1) is 19.2. The fourth-order valence-electron chi connectivity index (χ4n) is 4.73. The van der Waals surface area contributed by atoms with Gasteiger partial charge in [-0.2, -0.15) is 4.99 Å². The summed E-state index contributed by atoms with van der Waals surface area (Å²) < 4.78 is 2.40. The van der Waals surface area contributed by atoms with Gasteiger partial charge in [0.05, 0.1) is 5.52 Å². The lowest BCUT2D eigenvalue weighted by molar-refractivity contribution is 0.100. The third kappa shape index (κ3) is 3.50. The number of nitrogens with two attached hydrogens (primary N) is 2. The molecule has 0 atom stereocenters. The quantitative estimate of drug-likeness (QED) is 0.393. The Morgan fingerprint density at radius 1 is 0.839 bits per heavy atom. The van der Waals surface area contributed by atoms with Crippen LogP contribution in [0.25, 0.3) is 21.8 Å². The van der Waals surface area contributed by atoms with Crippen LogP contribution in [0.4, 0.5) is 5.69 Å². The highest BCUT2D eigenvalue weighted by molar-refractivity contribution is 6.11. The van der Waals surface area contributed by atoms with Gasteiger partial charge in [-0.3, -0.25) is 4.79 Å². The van der Waals surface area contributed by atoms with Gasteiger partial charge in [-0.05, 0) is 43.2 Å². The molecule has 4 aromatic rings. The van der Waals surface area contributed by atoms with E-state index in [0.717, 1.165) is 36.8 Å². The molecule has 0 aliphatic carbocycles. The summed E-state index contributed by atoms with van der Waals surface area (Å²) in [6.07, 6.45) is 2.07. The number of aliphatic imine (C=N–C) groups is 1. The highest BCUT2D eigenvalue weighted by atomic mass is 16.1. The van der Waals surface area contributed by atoms with Crippen LogP contribution in [0.15, 0.2) is 77.8 Å². The van der Waals surface area contributed by atoms with Gasteiger partial charge in [-0.1, -0.05) is 42.5 Å². The van der Waals surface area contributed by atoms with Crippen molar-refractivity contribution in [3.05, 3.63) is 78.4 Å². The Kier molecular flexibility index (Phi) is 4.82. The molecule has 0 radical (unpaired) electrons. The van der Waals surface area contributed by atoms with Gasteiger partial charge < -0.3 is 20.9 Å². The van der Waals surface area contributed by atoms with Gasteiger partial charge in [0.25, 0.3) is 5.91 Å². The SMILES string of the molecule is NC(N)=NC(=O)c1ccc2c3ccccc3n(C3CCN(c4ccccc4)CC3)c2c1. The molecule has 0 bridgehead atoms. The van der Waals surface area contributed by atoms with Gasteiger partial charge in [0.1, 0.15) is 0 Å². The van der Waals surface area contributed by atoms with Crippen LogP contribution in [0.3, 0.4) is 0 Å². The van der Waals surface area contributed by atoms with E-state index >= 15 is 0 Å². The van der Waals surface area contributed by atoms with E-state index in [-0.39, 0.29) is 5.96 Å². The lowest BCUT2D eigenvalue weighted by atomic mass is 10.0. The first-order valence-electron chi connectivity index (χ1n) is 10.6. The Labute approximate surface area is 180 Å². The molecule has 1 aliphatic heterocycles. The van der Waals surface area contributed by atoms with Crippen molar-refractivity contribution >= 4 is 39.4 Å². The lowest BCUT2D eigenvalue weighted by Crippen LogP contribution is -2.34. The number of hydrogen-bond acceptors (Lipinski definition) is 2. The van der Waals surface area contributed by atoms with Crippen molar-refractivity contribution in [2.75, 3.05) is 18.0 Å². The van der Waals surface area contributed by atoms with Crippen molar-refractivity contribution in [2.24, 2.45) is 16.5 Å². The fraction of sp³-hybridized carbons (Fsp3) is 0.200. The number of fused-ring (bicyclic) bond motifs is 3. The molecule has 0 unspecified atom stereocenters. The van der Waals surface area contributed by atoms with E-state index < -0.39 is 5.91 Å². The minimum atomic E-state index is -0.419. The largest absolute Gasteiger partial charge is 0.371 e. The van der Waals surface area contributed by atoms with Crippen molar-refractivity contribution in [1.29, 1.82) is 0 Å². The Hall–Kier alpha value is -3.80. The van der Waals surface area contributed by atoms with Crippen LogP contribution in [0.5, 0.6) is 0 Å². The number of nitrogens with zero attached hydrogens (tertiary/aromatic N) is 3. The number of amides is 1. The molecule has 1 saturated heterocycles.